The van der Waals surface area contributed by atoms with E-state index in [9.17, 15) is 0 Å². The van der Waals surface area contributed by atoms with Gasteiger partial charge in [0.1, 0.15) is 0 Å². The number of H-pyrrole nitrogens is 2. The predicted molar refractivity (Wildman–Crippen MR) is 374 cm³/mol. The van der Waals surface area contributed by atoms with Gasteiger partial charge in [-0.25, -0.2) is 28.2 Å². The van der Waals surface area contributed by atoms with Crippen LogP contribution in [0.1, 0.15) is 45.0 Å². The van der Waals surface area contributed by atoms with Crippen LogP contribution in [-0.4, -0.2) is 19.9 Å². The highest BCUT2D eigenvalue weighted by Gasteiger charge is 2.22. The molecule has 8 nitrogen and oxygen atoms in total. The summed E-state index contributed by atoms with van der Waals surface area (Å²) in [6, 6.07) is 87.9. The molecule has 434 valence electrons. The Balaban J connectivity index is 0.842. The van der Waals surface area contributed by atoms with Crippen LogP contribution in [0.4, 0.5) is 0 Å². The van der Waals surface area contributed by atoms with Crippen molar-refractivity contribution in [3.63, 3.8) is 0 Å². The Morgan fingerprint density at radius 3 is 0.761 bits per heavy atom. The third-order valence-electron chi connectivity index (χ3n) is 18.2. The Morgan fingerprint density at radius 1 is 0.228 bits per heavy atom. The van der Waals surface area contributed by atoms with E-state index >= 15 is 0 Å². The lowest BCUT2D eigenvalue weighted by molar-refractivity contribution is -0.688. The third-order valence-corrected chi connectivity index (χ3v) is 18.2. The number of aromatic nitrogens is 8. The molecular weight excluding hydrogens is 1120 g/mol. The SMILES string of the molecule is C1=Cc2nc1c(-c1cc[n+](Cc3ccc4ccccc4c3)cc1)c1nc(c(-c3cc[n+](Cc4ccc5ccccc5c4)cc3)c3ccc([nH]3)c(-c3cc[n+](Cc4ccc5ccccc5c4)cc3)c3ccc([nH]3)c2-c2cc[n+](Cc3ccc4ccccc4c3)cc2)C=C1. The fourth-order valence-electron chi connectivity index (χ4n) is 13.5. The summed E-state index contributed by atoms with van der Waals surface area (Å²) >= 11 is 0. The van der Waals surface area contributed by atoms with E-state index in [1.165, 1.54) is 65.3 Å². The zero-order valence-electron chi connectivity index (χ0n) is 50.5. The molecule has 9 heterocycles. The molecule has 8 heteroatoms. The highest BCUT2D eigenvalue weighted by atomic mass is 14.9. The molecule has 0 fully saturated rings. The summed E-state index contributed by atoms with van der Waals surface area (Å²) in [4.78, 5) is 19.4. The topological polar surface area (TPSA) is 72.9 Å². The number of hydrogen-bond acceptors (Lipinski definition) is 2. The van der Waals surface area contributed by atoms with Crippen molar-refractivity contribution in [2.24, 2.45) is 0 Å². The average Bonchev–Trinajstić information content (AvgIpc) is 1.66. The van der Waals surface area contributed by atoms with Gasteiger partial charge in [0, 0.05) is 115 Å². The van der Waals surface area contributed by atoms with E-state index in [4.69, 9.17) is 9.97 Å². The largest absolute Gasteiger partial charge is 0.354 e. The highest BCUT2D eigenvalue weighted by Crippen LogP contribution is 2.39. The second-order valence-corrected chi connectivity index (χ2v) is 24.3. The van der Waals surface area contributed by atoms with E-state index in [1.807, 2.05) is 0 Å². The van der Waals surface area contributed by atoms with Crippen molar-refractivity contribution in [3.8, 4) is 44.5 Å². The van der Waals surface area contributed by atoms with Gasteiger partial charge in [0.2, 0.25) is 0 Å². The summed E-state index contributed by atoms with van der Waals surface area (Å²) in [6.07, 6.45) is 26.2. The van der Waals surface area contributed by atoms with Crippen LogP contribution in [0.3, 0.4) is 0 Å². The number of nitrogens with one attached hydrogen (secondary N) is 2. The maximum Gasteiger partial charge on any atom is 0.173 e. The summed E-state index contributed by atoms with van der Waals surface area (Å²) < 4.78 is 9.00. The van der Waals surface area contributed by atoms with Gasteiger partial charge in [0.15, 0.2) is 75.8 Å². The molecule has 0 radical (unpaired) electrons. The van der Waals surface area contributed by atoms with Crippen LogP contribution < -0.4 is 18.3 Å². The van der Waals surface area contributed by atoms with Crippen LogP contribution in [0, 0.1) is 0 Å². The van der Waals surface area contributed by atoms with Gasteiger partial charge < -0.3 is 9.97 Å². The van der Waals surface area contributed by atoms with Crippen molar-refractivity contribution in [2.75, 3.05) is 0 Å². The Bertz CT molecular complexity index is 5400. The van der Waals surface area contributed by atoms with E-state index in [0.29, 0.717) is 0 Å². The summed E-state index contributed by atoms with van der Waals surface area (Å²) in [5.74, 6) is 0. The standard InChI is InChI=1S/C84H61N8/c1-5-13-69-49-57(17-21-61(69)9-1)53-89-41-33-65(34-42-89)81-73-25-27-75(85-73)82(66-35-43-90(44-36-66)54-58-18-22-62-10-2-6-14-70(62)50-58)77-29-31-79(87-77)84(68-39-47-92(48-40-68)56-60-20-24-64-12-4-8-16-72(64)52-60)80-32-30-78(88-80)83(76-28-26-74(81)86-76)67-37-45-91(46-38-67)55-59-19-23-63-11-3-7-15-71(63)51-59/h1-52H,53-56H2,(H,85,86,87,88)/q+3/p+1. The molecule has 2 aliphatic rings. The molecule has 8 aromatic carbocycles. The molecule has 8 bridgehead atoms. The molecule has 0 aliphatic carbocycles. The van der Waals surface area contributed by atoms with Gasteiger partial charge in [-0.3, -0.25) is 0 Å². The molecular formula is C84H62N8+4. The van der Waals surface area contributed by atoms with Crippen LogP contribution in [0.5, 0.6) is 0 Å². The van der Waals surface area contributed by atoms with Gasteiger partial charge in [0.05, 0.1) is 22.8 Å². The zero-order chi connectivity index (χ0) is 60.9. The minimum Gasteiger partial charge on any atom is -0.354 e. The van der Waals surface area contributed by atoms with Crippen molar-refractivity contribution >= 4 is 89.5 Å². The minimum atomic E-state index is 0.735. The van der Waals surface area contributed by atoms with Crippen LogP contribution in [-0.2, 0) is 26.2 Å². The Labute approximate surface area is 532 Å². The van der Waals surface area contributed by atoms with E-state index in [-0.39, 0.29) is 0 Å². The van der Waals surface area contributed by atoms with Crippen molar-refractivity contribution in [3.05, 3.63) is 337 Å². The van der Waals surface area contributed by atoms with Crippen molar-refractivity contribution in [2.45, 2.75) is 26.2 Å². The van der Waals surface area contributed by atoms with Gasteiger partial charge in [-0.1, -0.05) is 146 Å². The van der Waals surface area contributed by atoms with E-state index in [0.717, 1.165) is 116 Å². The van der Waals surface area contributed by atoms with Crippen LogP contribution >= 0.6 is 0 Å². The number of aromatic amines is 2. The van der Waals surface area contributed by atoms with Crippen molar-refractivity contribution in [1.82, 2.24) is 19.9 Å². The molecule has 0 amide bonds. The molecule has 17 rings (SSSR count). The van der Waals surface area contributed by atoms with E-state index in [1.54, 1.807) is 0 Å². The number of hydrogen-bond donors (Lipinski definition) is 2. The van der Waals surface area contributed by atoms with Gasteiger partial charge in [0.25, 0.3) is 0 Å². The third kappa shape index (κ3) is 10.7. The first kappa shape index (κ1) is 54.2. The second kappa shape index (κ2) is 23.2. The van der Waals surface area contributed by atoms with Crippen LogP contribution in [0.15, 0.2) is 292 Å². The first-order chi connectivity index (χ1) is 45.5. The summed E-state index contributed by atoms with van der Waals surface area (Å²) in [5, 5.41) is 9.92. The quantitative estimate of drug-likeness (QED) is 0.120. The average molecular weight is 1180 g/mol. The lowest BCUT2D eigenvalue weighted by Gasteiger charge is -2.07. The minimum absolute atomic E-state index is 0.735. The van der Waals surface area contributed by atoms with Gasteiger partial charge in [-0.05, 0) is 138 Å². The van der Waals surface area contributed by atoms with Gasteiger partial charge in [-0.15, -0.1) is 0 Å². The first-order valence-electron chi connectivity index (χ1n) is 31.5. The lowest BCUT2D eigenvalue weighted by Crippen LogP contribution is -2.33. The summed E-state index contributed by atoms with van der Waals surface area (Å²) in [6.45, 7) is 2.96. The fourth-order valence-corrected chi connectivity index (χ4v) is 13.5. The van der Waals surface area contributed by atoms with Gasteiger partial charge >= 0.3 is 0 Å². The molecule has 2 aliphatic heterocycles. The van der Waals surface area contributed by atoms with Crippen molar-refractivity contribution < 1.29 is 18.3 Å². The summed E-state index contributed by atoms with van der Waals surface area (Å²) in [7, 11) is 0. The molecule has 7 aromatic heterocycles. The van der Waals surface area contributed by atoms with E-state index < -0.39 is 0 Å². The fraction of sp³-hybridized carbons (Fsp3) is 0.0476. The Kier molecular flexibility index (Phi) is 13.6. The second-order valence-electron chi connectivity index (χ2n) is 24.3. The highest BCUT2D eigenvalue weighted by molar-refractivity contribution is 6.00. The first-order valence-corrected chi connectivity index (χ1v) is 31.5. The monoisotopic (exact) mass is 1180 g/mol. The van der Waals surface area contributed by atoms with E-state index in [2.05, 4.69) is 345 Å². The number of rotatable bonds is 12. The number of fused-ring (bicyclic) bond motifs is 12. The molecule has 0 saturated carbocycles. The predicted octanol–water partition coefficient (Wildman–Crippen LogP) is 17.3. The maximum absolute atomic E-state index is 5.68. The maximum atomic E-state index is 5.68. The molecule has 0 atom stereocenters. The summed E-state index contributed by atoms with van der Waals surface area (Å²) in [5.41, 5.74) is 20.4. The Hall–Kier alpha value is -12.0. The molecule has 0 unspecified atom stereocenters. The van der Waals surface area contributed by atoms with Crippen LogP contribution in [0.2, 0.25) is 0 Å². The zero-order valence-corrected chi connectivity index (χ0v) is 50.5. The normalized spacial score (nSPS) is 12.0. The smallest absolute Gasteiger partial charge is 0.173 e. The molecule has 2 N–H and O–H groups in total. The Morgan fingerprint density at radius 2 is 0.467 bits per heavy atom. The molecule has 15 aromatic rings. The van der Waals surface area contributed by atoms with Crippen LogP contribution in [0.25, 0.3) is 134 Å². The van der Waals surface area contributed by atoms with Gasteiger partial charge in [-0.2, -0.15) is 0 Å². The number of nitrogens with zero attached hydrogens (tertiary/aromatic N) is 6. The van der Waals surface area contributed by atoms with Crippen molar-refractivity contribution in [1.29, 1.82) is 0 Å². The lowest BCUT2D eigenvalue weighted by atomic mass is 10.0. The molecule has 0 spiro atoms. The molecule has 0 saturated heterocycles. The number of pyridine rings is 4. The molecule has 92 heavy (non-hydrogen) atoms. The number of benzene rings is 8.